The summed E-state index contributed by atoms with van der Waals surface area (Å²) < 4.78 is 7.76. The molecule has 0 radical (unpaired) electrons. The lowest BCUT2D eigenvalue weighted by Crippen LogP contribution is -2.14. The highest BCUT2D eigenvalue weighted by molar-refractivity contribution is 9.10. The number of H-pyrrole nitrogens is 1. The van der Waals surface area contributed by atoms with E-state index in [-0.39, 0.29) is 17.2 Å². The number of ether oxygens (including phenoxy) is 1. The Morgan fingerprint density at radius 1 is 1.13 bits per heavy atom. The van der Waals surface area contributed by atoms with E-state index in [1.807, 2.05) is 37.3 Å². The zero-order valence-corrected chi connectivity index (χ0v) is 18.2. The van der Waals surface area contributed by atoms with Gasteiger partial charge in [-0.3, -0.25) is 9.59 Å². The van der Waals surface area contributed by atoms with Crippen LogP contribution in [0.3, 0.4) is 0 Å². The summed E-state index contributed by atoms with van der Waals surface area (Å²) in [6, 6.07) is 14.3. The van der Waals surface area contributed by atoms with Gasteiger partial charge in [0.1, 0.15) is 11.4 Å². The minimum atomic E-state index is -0.369. The molecule has 0 fully saturated rings. The van der Waals surface area contributed by atoms with E-state index in [0.717, 1.165) is 15.6 Å². The van der Waals surface area contributed by atoms with Crippen LogP contribution in [0.15, 0.2) is 57.8 Å². The van der Waals surface area contributed by atoms with Gasteiger partial charge >= 0.3 is 0 Å². The molecule has 0 bridgehead atoms. The number of rotatable bonds is 4. The molecule has 0 unspecified atom stereocenters. The highest BCUT2D eigenvalue weighted by atomic mass is 79.9. The average Bonchev–Trinajstić information content (AvgIpc) is 3.10. The van der Waals surface area contributed by atoms with Crippen LogP contribution in [0, 0.1) is 13.8 Å². The Morgan fingerprint density at radius 2 is 1.87 bits per heavy atom. The molecule has 2 heterocycles. The minimum Gasteiger partial charge on any atom is -0.497 e. The van der Waals surface area contributed by atoms with E-state index in [2.05, 4.69) is 31.3 Å². The van der Waals surface area contributed by atoms with Gasteiger partial charge in [0, 0.05) is 21.9 Å². The van der Waals surface area contributed by atoms with Gasteiger partial charge < -0.3 is 15.0 Å². The summed E-state index contributed by atoms with van der Waals surface area (Å²) in [5.74, 6) is 0.322. The summed E-state index contributed by atoms with van der Waals surface area (Å²) in [5.41, 5.74) is 3.98. The van der Waals surface area contributed by atoms with Gasteiger partial charge in [0.05, 0.1) is 12.7 Å². The third kappa shape index (κ3) is 3.61. The molecule has 2 N–H and O–H groups in total. The summed E-state index contributed by atoms with van der Waals surface area (Å²) in [6.07, 6.45) is 0. The van der Waals surface area contributed by atoms with E-state index in [1.165, 1.54) is 6.07 Å². The van der Waals surface area contributed by atoms with Gasteiger partial charge in [-0.25, -0.2) is 4.52 Å². The fraction of sp³-hybridized carbons (Fsp3) is 0.136. The van der Waals surface area contributed by atoms with Crippen LogP contribution in [-0.4, -0.2) is 27.6 Å². The Hall–Kier alpha value is -3.39. The van der Waals surface area contributed by atoms with Gasteiger partial charge in [0.15, 0.2) is 5.69 Å². The Balaban J connectivity index is 1.87. The van der Waals surface area contributed by atoms with Crippen molar-refractivity contribution in [2.75, 3.05) is 12.4 Å². The molecule has 0 aliphatic carbocycles. The van der Waals surface area contributed by atoms with E-state index in [4.69, 9.17) is 4.74 Å². The first-order chi connectivity index (χ1) is 14.4. The van der Waals surface area contributed by atoms with Crippen molar-refractivity contribution in [2.24, 2.45) is 0 Å². The van der Waals surface area contributed by atoms with Crippen LogP contribution in [-0.2, 0) is 0 Å². The second-order valence-corrected chi connectivity index (χ2v) is 7.76. The van der Waals surface area contributed by atoms with Crippen LogP contribution in [0.4, 0.5) is 5.69 Å². The van der Waals surface area contributed by atoms with E-state index in [0.29, 0.717) is 28.3 Å². The second kappa shape index (κ2) is 7.79. The molecule has 4 rings (SSSR count). The lowest BCUT2D eigenvalue weighted by Gasteiger charge is -2.08. The molecular weight excluding hydrogens is 448 g/mol. The molecule has 0 atom stereocenters. The molecular formula is C22H19BrN4O3. The van der Waals surface area contributed by atoms with E-state index in [9.17, 15) is 9.59 Å². The van der Waals surface area contributed by atoms with E-state index in [1.54, 1.807) is 30.7 Å². The van der Waals surface area contributed by atoms with Crippen molar-refractivity contribution in [1.29, 1.82) is 0 Å². The molecule has 0 spiro atoms. The van der Waals surface area contributed by atoms with Gasteiger partial charge in [-0.2, -0.15) is 5.10 Å². The standard InChI is InChI=1S/C22H19BrN4O3/c1-12-10-15(6-9-17(12)23)24-22(29)20-19(14-4-7-16(30-3)8-5-14)21-25-18(28)11-13(2)27(21)26-20/h4-11H,1-3H3,(H,24,29)(H,25,28). The number of hydrogen-bond donors (Lipinski definition) is 2. The molecule has 0 saturated heterocycles. The second-order valence-electron chi connectivity index (χ2n) is 6.91. The smallest absolute Gasteiger partial charge is 0.276 e. The van der Waals surface area contributed by atoms with Crippen molar-refractivity contribution < 1.29 is 9.53 Å². The number of benzene rings is 2. The average molecular weight is 467 g/mol. The third-order valence-electron chi connectivity index (χ3n) is 4.81. The van der Waals surface area contributed by atoms with Gasteiger partial charge in [0.25, 0.3) is 11.5 Å². The maximum Gasteiger partial charge on any atom is 0.276 e. The number of carbonyl (C=O) groups excluding carboxylic acids is 1. The number of aromatic amines is 1. The first-order valence-corrected chi connectivity index (χ1v) is 10.0. The van der Waals surface area contributed by atoms with Crippen LogP contribution < -0.4 is 15.6 Å². The quantitative estimate of drug-likeness (QED) is 0.468. The summed E-state index contributed by atoms with van der Waals surface area (Å²) in [5, 5.41) is 7.40. The largest absolute Gasteiger partial charge is 0.497 e. The molecule has 0 saturated carbocycles. The van der Waals surface area contributed by atoms with Crippen molar-refractivity contribution >= 4 is 33.2 Å². The molecule has 0 aliphatic rings. The number of hydrogen-bond acceptors (Lipinski definition) is 4. The Morgan fingerprint density at radius 3 is 2.53 bits per heavy atom. The monoisotopic (exact) mass is 466 g/mol. The van der Waals surface area contributed by atoms with Crippen molar-refractivity contribution in [2.45, 2.75) is 13.8 Å². The van der Waals surface area contributed by atoms with Crippen LogP contribution in [0.2, 0.25) is 0 Å². The van der Waals surface area contributed by atoms with Gasteiger partial charge in [-0.05, 0) is 55.3 Å². The summed E-state index contributed by atoms with van der Waals surface area (Å²) in [4.78, 5) is 28.1. The molecule has 2 aromatic heterocycles. The van der Waals surface area contributed by atoms with Crippen LogP contribution in [0.25, 0.3) is 16.8 Å². The van der Waals surface area contributed by atoms with Crippen molar-refractivity contribution in [1.82, 2.24) is 14.6 Å². The Bertz CT molecular complexity index is 1320. The lowest BCUT2D eigenvalue weighted by molar-refractivity contribution is 0.102. The van der Waals surface area contributed by atoms with Crippen molar-refractivity contribution in [3.63, 3.8) is 0 Å². The molecule has 152 valence electrons. The maximum atomic E-state index is 13.2. The molecule has 30 heavy (non-hydrogen) atoms. The number of anilines is 1. The highest BCUT2D eigenvalue weighted by Crippen LogP contribution is 2.30. The van der Waals surface area contributed by atoms with Crippen LogP contribution >= 0.6 is 15.9 Å². The first kappa shape index (κ1) is 19.9. The van der Waals surface area contributed by atoms with Crippen molar-refractivity contribution in [3.8, 4) is 16.9 Å². The minimum absolute atomic E-state index is 0.214. The molecule has 0 aliphatic heterocycles. The van der Waals surface area contributed by atoms with E-state index < -0.39 is 0 Å². The normalized spacial score (nSPS) is 10.9. The summed E-state index contributed by atoms with van der Waals surface area (Å²) >= 11 is 3.46. The number of nitrogens with zero attached hydrogens (tertiary/aromatic N) is 2. The number of aromatic nitrogens is 3. The molecule has 4 aromatic rings. The molecule has 7 nitrogen and oxygen atoms in total. The van der Waals surface area contributed by atoms with Gasteiger partial charge in [0.2, 0.25) is 0 Å². The van der Waals surface area contributed by atoms with Crippen LogP contribution in [0.1, 0.15) is 21.7 Å². The number of halogens is 1. The SMILES string of the molecule is COc1ccc(-c2c(C(=O)Nc3ccc(Br)c(C)c3)nn3c(C)cc(=O)[nH]c23)cc1. The maximum absolute atomic E-state index is 13.2. The number of fused-ring (bicyclic) bond motifs is 1. The number of amides is 1. The lowest BCUT2D eigenvalue weighted by atomic mass is 10.0. The van der Waals surface area contributed by atoms with Gasteiger partial charge in [-0.1, -0.05) is 28.1 Å². The number of nitrogens with one attached hydrogen (secondary N) is 2. The summed E-state index contributed by atoms with van der Waals surface area (Å²) in [6.45, 7) is 3.72. The first-order valence-electron chi connectivity index (χ1n) is 9.22. The number of aryl methyl sites for hydroxylation is 2. The van der Waals surface area contributed by atoms with Crippen LogP contribution in [0.5, 0.6) is 5.75 Å². The fourth-order valence-electron chi connectivity index (χ4n) is 3.30. The van der Waals surface area contributed by atoms with Gasteiger partial charge in [-0.15, -0.1) is 0 Å². The van der Waals surface area contributed by atoms with E-state index >= 15 is 0 Å². The molecule has 2 aromatic carbocycles. The topological polar surface area (TPSA) is 88.5 Å². The fourth-order valence-corrected chi connectivity index (χ4v) is 3.54. The zero-order valence-electron chi connectivity index (χ0n) is 16.6. The summed E-state index contributed by atoms with van der Waals surface area (Å²) in [7, 11) is 1.59. The van der Waals surface area contributed by atoms with Crippen molar-refractivity contribution in [3.05, 3.63) is 80.3 Å². The molecule has 1 amide bonds. The number of carbonyl (C=O) groups is 1. The number of methoxy groups -OCH3 is 1. The molecule has 8 heteroatoms. The third-order valence-corrected chi connectivity index (χ3v) is 5.70. The Labute approximate surface area is 180 Å². The predicted octanol–water partition coefficient (Wildman–Crippen LogP) is 4.33. The highest BCUT2D eigenvalue weighted by Gasteiger charge is 2.23. The zero-order chi connectivity index (χ0) is 21.4. The predicted molar refractivity (Wildman–Crippen MR) is 119 cm³/mol. The Kier molecular flexibility index (Phi) is 5.17.